The summed E-state index contributed by atoms with van der Waals surface area (Å²) >= 11 is 0. The van der Waals surface area contributed by atoms with Crippen molar-refractivity contribution in [3.63, 3.8) is 0 Å². The number of fused-ring (bicyclic) bond motifs is 2. The Labute approximate surface area is 233 Å². The smallest absolute Gasteiger partial charge is 0.251 e. The SMILES string of the molecule is COc1cc(C(=O)NCCCc2nc3ccccc3n2CCOc2cccc3ccccc23)cc(OC)c1OC. The molecule has 0 aliphatic carbocycles. The molecule has 0 atom stereocenters. The van der Waals surface area contributed by atoms with Crippen molar-refractivity contribution in [1.82, 2.24) is 14.9 Å². The maximum absolute atomic E-state index is 12.9. The highest BCUT2D eigenvalue weighted by Crippen LogP contribution is 2.38. The van der Waals surface area contributed by atoms with Gasteiger partial charge in [-0.05, 0) is 42.1 Å². The van der Waals surface area contributed by atoms with Crippen LogP contribution >= 0.6 is 0 Å². The normalized spacial score (nSPS) is 11.0. The standard InChI is InChI=1S/C32H33N3O5/c1-37-28-20-23(21-29(38-2)31(28)39-3)32(36)33-17-9-16-30-34-25-13-6-7-14-26(25)35(30)18-19-40-27-15-8-11-22-10-4-5-12-24(22)27/h4-8,10-15,20-21H,9,16-19H2,1-3H3,(H,33,36). The Balaban J connectivity index is 1.23. The Morgan fingerprint density at radius 1 is 0.850 bits per heavy atom. The highest BCUT2D eigenvalue weighted by atomic mass is 16.5. The third-order valence-electron chi connectivity index (χ3n) is 6.85. The van der Waals surface area contributed by atoms with Crippen LogP contribution in [0.1, 0.15) is 22.6 Å². The van der Waals surface area contributed by atoms with Crippen molar-refractivity contribution in [3.05, 3.63) is 90.3 Å². The van der Waals surface area contributed by atoms with Gasteiger partial charge in [0.05, 0.1) is 38.9 Å². The third-order valence-corrected chi connectivity index (χ3v) is 6.85. The Hall–Kier alpha value is -4.72. The van der Waals surface area contributed by atoms with Gasteiger partial charge in [-0.25, -0.2) is 4.98 Å². The number of hydrogen-bond donors (Lipinski definition) is 1. The maximum atomic E-state index is 12.9. The van der Waals surface area contributed by atoms with Crippen LogP contribution < -0.4 is 24.3 Å². The predicted octanol–water partition coefficient (Wildman–Crippen LogP) is 5.66. The van der Waals surface area contributed by atoms with E-state index in [1.54, 1.807) is 12.1 Å². The second kappa shape index (κ2) is 12.4. The molecule has 0 spiro atoms. The van der Waals surface area contributed by atoms with Gasteiger partial charge in [0.1, 0.15) is 18.2 Å². The molecule has 0 radical (unpaired) electrons. The van der Waals surface area contributed by atoms with E-state index in [1.165, 1.54) is 21.3 Å². The molecule has 1 aromatic heterocycles. The van der Waals surface area contributed by atoms with Gasteiger partial charge in [-0.2, -0.15) is 0 Å². The van der Waals surface area contributed by atoms with Crippen LogP contribution in [0.25, 0.3) is 21.8 Å². The van der Waals surface area contributed by atoms with Gasteiger partial charge in [-0.3, -0.25) is 4.79 Å². The van der Waals surface area contributed by atoms with Gasteiger partial charge in [0.15, 0.2) is 11.5 Å². The fraction of sp³-hybridized carbons (Fsp3) is 0.250. The first kappa shape index (κ1) is 26.9. The van der Waals surface area contributed by atoms with Crippen molar-refractivity contribution in [3.8, 4) is 23.0 Å². The Morgan fingerprint density at radius 2 is 1.57 bits per heavy atom. The van der Waals surface area contributed by atoms with E-state index in [9.17, 15) is 4.79 Å². The van der Waals surface area contributed by atoms with Crippen LogP contribution in [-0.4, -0.2) is 49.9 Å². The molecule has 0 saturated heterocycles. The first-order valence-electron chi connectivity index (χ1n) is 13.3. The Morgan fingerprint density at radius 3 is 2.35 bits per heavy atom. The van der Waals surface area contributed by atoms with Gasteiger partial charge in [0.2, 0.25) is 5.75 Å². The van der Waals surface area contributed by atoms with Crippen molar-refractivity contribution in [2.75, 3.05) is 34.5 Å². The molecule has 1 N–H and O–H groups in total. The molecule has 8 nitrogen and oxygen atoms in total. The van der Waals surface area contributed by atoms with Crippen LogP contribution in [0.4, 0.5) is 0 Å². The zero-order chi connectivity index (χ0) is 27.9. The third kappa shape index (κ3) is 5.66. The summed E-state index contributed by atoms with van der Waals surface area (Å²) in [5.74, 6) is 2.95. The number of ether oxygens (including phenoxy) is 4. The van der Waals surface area contributed by atoms with Crippen LogP contribution in [0.3, 0.4) is 0 Å². The van der Waals surface area contributed by atoms with Crippen LogP contribution in [-0.2, 0) is 13.0 Å². The van der Waals surface area contributed by atoms with E-state index >= 15 is 0 Å². The van der Waals surface area contributed by atoms with Gasteiger partial charge in [0, 0.05) is 23.9 Å². The van der Waals surface area contributed by atoms with Crippen molar-refractivity contribution in [1.29, 1.82) is 0 Å². The number of rotatable bonds is 12. The number of methoxy groups -OCH3 is 3. The fourth-order valence-electron chi connectivity index (χ4n) is 4.90. The average molecular weight is 540 g/mol. The first-order chi connectivity index (χ1) is 19.6. The molecule has 5 aromatic rings. The lowest BCUT2D eigenvalue weighted by atomic mass is 10.1. The van der Waals surface area contributed by atoms with Crippen molar-refractivity contribution >= 4 is 27.7 Å². The number of imidazole rings is 1. The number of aryl methyl sites for hydroxylation is 1. The molecule has 1 heterocycles. The second-order valence-corrected chi connectivity index (χ2v) is 9.27. The van der Waals surface area contributed by atoms with Crippen LogP contribution in [0.2, 0.25) is 0 Å². The maximum Gasteiger partial charge on any atom is 0.251 e. The summed E-state index contributed by atoms with van der Waals surface area (Å²) in [5, 5.41) is 5.25. The molecule has 0 aliphatic rings. The minimum Gasteiger partial charge on any atom is -0.493 e. The van der Waals surface area contributed by atoms with Crippen molar-refractivity contribution in [2.45, 2.75) is 19.4 Å². The number of nitrogens with zero attached hydrogens (tertiary/aromatic N) is 2. The molecule has 1 amide bonds. The molecular weight excluding hydrogens is 506 g/mol. The summed E-state index contributed by atoms with van der Waals surface area (Å²) in [4.78, 5) is 17.7. The van der Waals surface area contributed by atoms with Gasteiger partial charge < -0.3 is 28.8 Å². The second-order valence-electron chi connectivity index (χ2n) is 9.27. The van der Waals surface area contributed by atoms with E-state index in [2.05, 4.69) is 34.1 Å². The van der Waals surface area contributed by atoms with Crippen molar-refractivity contribution in [2.24, 2.45) is 0 Å². The largest absolute Gasteiger partial charge is 0.493 e. The molecule has 4 aromatic carbocycles. The molecule has 0 aliphatic heterocycles. The summed E-state index contributed by atoms with van der Waals surface area (Å²) in [6, 6.07) is 25.7. The monoisotopic (exact) mass is 539 g/mol. The van der Waals surface area contributed by atoms with E-state index in [0.717, 1.165) is 39.8 Å². The fourth-order valence-corrected chi connectivity index (χ4v) is 4.90. The number of amides is 1. The summed E-state index contributed by atoms with van der Waals surface area (Å²) in [6.45, 7) is 1.67. The van der Waals surface area contributed by atoms with E-state index in [4.69, 9.17) is 23.9 Å². The van der Waals surface area contributed by atoms with E-state index in [1.807, 2.05) is 42.5 Å². The van der Waals surface area contributed by atoms with Gasteiger partial charge in [0.25, 0.3) is 5.91 Å². The van der Waals surface area contributed by atoms with E-state index < -0.39 is 0 Å². The number of carbonyl (C=O) groups is 1. The molecule has 0 bridgehead atoms. The average Bonchev–Trinajstić information content (AvgIpc) is 3.35. The number of hydrogen-bond acceptors (Lipinski definition) is 6. The summed E-state index contributed by atoms with van der Waals surface area (Å²) < 4.78 is 24.5. The van der Waals surface area contributed by atoms with Crippen LogP contribution in [0.5, 0.6) is 23.0 Å². The summed E-state index contributed by atoms with van der Waals surface area (Å²) in [5.41, 5.74) is 2.46. The topological polar surface area (TPSA) is 83.8 Å². The van der Waals surface area contributed by atoms with Crippen LogP contribution in [0.15, 0.2) is 78.9 Å². The number of carbonyl (C=O) groups excluding carboxylic acids is 1. The predicted molar refractivity (Wildman–Crippen MR) is 156 cm³/mol. The number of para-hydroxylation sites is 2. The Kier molecular flexibility index (Phi) is 8.35. The Bertz CT molecular complexity index is 1600. The molecule has 0 saturated carbocycles. The first-order valence-corrected chi connectivity index (χ1v) is 13.3. The highest BCUT2D eigenvalue weighted by molar-refractivity contribution is 5.95. The van der Waals surface area contributed by atoms with E-state index in [-0.39, 0.29) is 5.91 Å². The van der Waals surface area contributed by atoms with Gasteiger partial charge in [-0.1, -0.05) is 48.5 Å². The zero-order valence-electron chi connectivity index (χ0n) is 23.0. The quantitative estimate of drug-likeness (QED) is 0.206. The molecule has 0 unspecified atom stereocenters. The highest BCUT2D eigenvalue weighted by Gasteiger charge is 2.17. The lowest BCUT2D eigenvalue weighted by Crippen LogP contribution is -2.25. The molecule has 206 valence electrons. The number of aromatic nitrogens is 2. The van der Waals surface area contributed by atoms with Crippen molar-refractivity contribution < 1.29 is 23.7 Å². The molecular formula is C32H33N3O5. The molecule has 0 fully saturated rings. The lowest BCUT2D eigenvalue weighted by molar-refractivity contribution is 0.0952. The summed E-state index contributed by atoms with van der Waals surface area (Å²) in [6.07, 6.45) is 1.43. The number of benzene rings is 4. The van der Waals surface area contributed by atoms with Gasteiger partial charge >= 0.3 is 0 Å². The molecule has 5 rings (SSSR count). The minimum absolute atomic E-state index is 0.212. The zero-order valence-corrected chi connectivity index (χ0v) is 23.0. The van der Waals surface area contributed by atoms with Crippen LogP contribution in [0, 0.1) is 0 Å². The minimum atomic E-state index is -0.212. The molecule has 40 heavy (non-hydrogen) atoms. The number of nitrogens with one attached hydrogen (secondary N) is 1. The summed E-state index contributed by atoms with van der Waals surface area (Å²) in [7, 11) is 4.58. The van der Waals surface area contributed by atoms with Gasteiger partial charge in [-0.15, -0.1) is 0 Å². The van der Waals surface area contributed by atoms with E-state index in [0.29, 0.717) is 48.9 Å². The molecule has 8 heteroatoms. The lowest BCUT2D eigenvalue weighted by Gasteiger charge is -2.14.